The number of primary amides is 1. The lowest BCUT2D eigenvalue weighted by Crippen LogP contribution is -2.53. The first-order valence-corrected chi connectivity index (χ1v) is 41.5. The molecule has 3 aromatic rings. The van der Waals surface area contributed by atoms with Crippen molar-refractivity contribution in [3.63, 3.8) is 0 Å². The van der Waals surface area contributed by atoms with E-state index in [0.29, 0.717) is 86.3 Å². The fourth-order valence-corrected chi connectivity index (χ4v) is 16.5. The maximum Gasteiger partial charge on any atom is 0.326 e. The molecule has 0 saturated carbocycles. The van der Waals surface area contributed by atoms with Gasteiger partial charge in [0.1, 0.15) is 36.2 Å². The Morgan fingerprint density at radius 3 is 2.06 bits per heavy atom. The topological polar surface area (TPSA) is 466 Å². The Bertz CT molecular complexity index is 4650. The molecule has 596 valence electrons. The highest BCUT2D eigenvalue weighted by Gasteiger charge is 2.52. The van der Waals surface area contributed by atoms with Crippen molar-refractivity contribution in [3.8, 4) is 5.75 Å². The Balaban J connectivity index is 0.809. The van der Waals surface area contributed by atoms with Gasteiger partial charge in [-0.3, -0.25) is 37.6 Å². The number of aliphatic carboxylic acids is 1. The molecule has 4 atom stereocenters. The summed E-state index contributed by atoms with van der Waals surface area (Å²) in [7, 11) is -18.1. The Hall–Kier alpha value is -8.60. The minimum absolute atomic E-state index is 0.0278. The highest BCUT2D eigenvalue weighted by Crippen LogP contribution is 2.49. The number of fused-ring (bicyclic) bond motifs is 2. The van der Waals surface area contributed by atoms with Gasteiger partial charge in [-0.15, -0.1) is 0 Å². The normalized spacial score (nSPS) is 20.9. The number of carbonyl (C=O) groups is 7. The van der Waals surface area contributed by atoms with Crippen LogP contribution >= 0.6 is 0 Å². The van der Waals surface area contributed by atoms with Crippen LogP contribution in [0.2, 0.25) is 0 Å². The maximum absolute atomic E-state index is 14.1. The summed E-state index contributed by atoms with van der Waals surface area (Å²) in [6.45, 7) is 7.76. The van der Waals surface area contributed by atoms with Crippen molar-refractivity contribution < 1.29 is 118 Å². The van der Waals surface area contributed by atoms with Crippen LogP contribution in [0.3, 0.4) is 0 Å². The molecule has 9 rings (SSSR count). The highest BCUT2D eigenvalue weighted by molar-refractivity contribution is 7.86. The molecule has 0 bridgehead atoms. The minimum Gasteiger partial charge on any atom is -0.748 e. The van der Waals surface area contributed by atoms with Gasteiger partial charge in [0.05, 0.1) is 64.0 Å². The number of carboxylic acids is 1. The third-order valence-electron chi connectivity index (χ3n) is 20.1. The molecule has 7 amide bonds. The number of amides is 7. The molecule has 3 aromatic carbocycles. The molecule has 32 nitrogen and oxygen atoms in total. The van der Waals surface area contributed by atoms with Gasteiger partial charge in [-0.2, -0.15) is 29.8 Å². The van der Waals surface area contributed by atoms with Crippen LogP contribution in [0.5, 0.6) is 5.75 Å². The number of hydrogen-bond acceptors (Lipinski definition) is 20. The van der Waals surface area contributed by atoms with E-state index < -0.39 is 147 Å². The van der Waals surface area contributed by atoms with E-state index in [4.69, 9.17) is 19.9 Å². The lowest BCUT2D eigenvalue weighted by atomic mass is 9.81. The average Bonchev–Trinajstić information content (AvgIpc) is 1.59. The van der Waals surface area contributed by atoms with Crippen molar-refractivity contribution in [2.45, 2.75) is 149 Å². The Morgan fingerprint density at radius 2 is 1.42 bits per heavy atom. The number of unbranched alkanes of at least 4 members (excludes halogenated alkanes) is 2. The van der Waals surface area contributed by atoms with Gasteiger partial charge in [0.25, 0.3) is 36.3 Å². The fraction of sp³-hybridized carbons (Fsp3) is 0.521. The Morgan fingerprint density at radius 1 is 0.780 bits per heavy atom. The lowest BCUT2D eigenvalue weighted by Gasteiger charge is -2.35. The third-order valence-corrected chi connectivity index (χ3v) is 23.3. The number of ether oxygens (including phenoxy) is 3. The molecule has 9 N–H and O–H groups in total. The van der Waals surface area contributed by atoms with Gasteiger partial charge in [0, 0.05) is 118 Å². The second kappa shape index (κ2) is 34.8. The first-order valence-electron chi connectivity index (χ1n) is 35.4. The number of nitrogens with one attached hydrogen (secondary N) is 3. The van der Waals surface area contributed by atoms with Crippen LogP contribution in [-0.2, 0) is 96.0 Å². The quantitative estimate of drug-likeness (QED) is 0.0235. The lowest BCUT2D eigenvalue weighted by molar-refractivity contribution is -0.438. The zero-order valence-corrected chi connectivity index (χ0v) is 63.8. The number of rotatable bonds is 34. The minimum atomic E-state index is -4.65. The van der Waals surface area contributed by atoms with Crippen LogP contribution < -0.4 is 31.3 Å². The molecule has 6 aliphatic rings. The number of nitrogens with zero attached hydrogens (tertiary/aromatic N) is 5. The second-order valence-corrected chi connectivity index (χ2v) is 34.6. The third kappa shape index (κ3) is 21.9. The molecule has 38 heteroatoms. The number of piperazine rings is 1. The standard InChI is InChI=1S/C71H91F2N9O23S4/c1-69(2)52-41-50(108(97,98)99)18-20-56(52)80(26-5-7-36-106(91,92)93)59(69)22-14-46-10-9-11-47(15-23-60-70(3,4)53-42-51(109(100,101)102)19-21-57(53)81(60)27-6-8-37-107(94,95)96)63(46)105-49-16-12-45(13-17-49)38-55(67(88)89)76-61(83)24-32-103-34-35-104-33-25-75-68(90)79-30-28-78(29-31-79)62(84)40-48-39-54(77-65(48)86)66(87)82-44-71(72,73)43-58(82)64(74)85/h12-23,41-42,48,54-55,58H,5-11,24-40,43-44H2,1-4H3,(H9-,74,75,76,77,83,85,86,88,89,90,91,92,93,94,95,96,97,98,99,100,101,102)/t48-,54-,55-,58-/m0/s1. The first-order chi connectivity index (χ1) is 51.0. The summed E-state index contributed by atoms with van der Waals surface area (Å²) in [5.41, 5.74) is 8.80. The summed E-state index contributed by atoms with van der Waals surface area (Å²) in [6, 6.07) is 10.4. The van der Waals surface area contributed by atoms with Crippen molar-refractivity contribution in [2.24, 2.45) is 11.7 Å². The van der Waals surface area contributed by atoms with E-state index in [2.05, 4.69) is 16.0 Å². The molecule has 0 spiro atoms. The van der Waals surface area contributed by atoms with E-state index in [0.717, 1.165) is 0 Å². The fourth-order valence-electron chi connectivity index (χ4n) is 14.3. The smallest absolute Gasteiger partial charge is 0.326 e. The summed E-state index contributed by atoms with van der Waals surface area (Å²) in [5.74, 6) is -9.55. The summed E-state index contributed by atoms with van der Waals surface area (Å²) >= 11 is 0. The number of likely N-dealkylation sites (tertiary alicyclic amines) is 1. The SMILES string of the molecule is CC1(C)C(/C=C/C2=C(Oc3ccc(C[C@H](NC(=O)CCOCCOCCNC(=O)N4CCN(C(=O)C[C@@H]5C[C@@H](C(=O)N6CC(F)(F)C[C@H]6C(N)=O)NC5=O)CC4)C(=O)O)cc3)C(=C/C=C3/N(CCCCS(=O)(=O)[O-])c4ccc(S(=O)(=O)O)cc4C3(C)C)/CCC2)=[N+](CCCCS(=O)(=O)O)c2ccc(S(=O)(=O)O)cc21. The summed E-state index contributed by atoms with van der Waals surface area (Å²) < 4.78 is 186. The van der Waals surface area contributed by atoms with E-state index in [9.17, 15) is 99.3 Å². The van der Waals surface area contributed by atoms with Crippen molar-refractivity contribution in [1.29, 1.82) is 0 Å². The van der Waals surface area contributed by atoms with Crippen LogP contribution in [0, 0.1) is 5.92 Å². The summed E-state index contributed by atoms with van der Waals surface area (Å²) in [6.07, 6.45) is 7.84. The Kier molecular flexibility index (Phi) is 26.9. The molecule has 3 fully saturated rings. The van der Waals surface area contributed by atoms with Gasteiger partial charge >= 0.3 is 12.0 Å². The molecular weight excluding hydrogens is 1510 g/mol. The maximum atomic E-state index is 14.1. The molecule has 0 radical (unpaired) electrons. The average molecular weight is 1600 g/mol. The molecule has 0 aromatic heterocycles. The number of urea groups is 1. The molecule has 5 aliphatic heterocycles. The van der Waals surface area contributed by atoms with Gasteiger partial charge in [-0.05, 0) is 136 Å². The number of carbonyl (C=O) groups excluding carboxylic acids is 6. The van der Waals surface area contributed by atoms with E-state index in [1.807, 2.05) is 61.5 Å². The van der Waals surface area contributed by atoms with Crippen LogP contribution in [0.4, 0.5) is 25.0 Å². The molecule has 1 aliphatic carbocycles. The van der Waals surface area contributed by atoms with Crippen molar-refractivity contribution in [3.05, 3.63) is 124 Å². The van der Waals surface area contributed by atoms with E-state index in [1.54, 1.807) is 36.4 Å². The number of halogens is 2. The summed E-state index contributed by atoms with van der Waals surface area (Å²) in [4.78, 5) is 94.3. The first kappa shape index (κ1) is 84.4. The predicted octanol–water partition coefficient (Wildman–Crippen LogP) is 4.24. The molecule has 109 heavy (non-hydrogen) atoms. The molecule has 3 saturated heterocycles. The van der Waals surface area contributed by atoms with Gasteiger partial charge in [-0.25, -0.2) is 26.8 Å². The Labute approximate surface area is 630 Å². The van der Waals surface area contributed by atoms with Crippen LogP contribution in [-0.4, -0.2) is 238 Å². The number of anilines is 1. The largest absolute Gasteiger partial charge is 0.748 e. The highest BCUT2D eigenvalue weighted by atomic mass is 32.2. The number of hydrogen-bond donors (Lipinski definition) is 8. The van der Waals surface area contributed by atoms with Crippen LogP contribution in [0.1, 0.15) is 115 Å². The van der Waals surface area contributed by atoms with Crippen molar-refractivity contribution in [2.75, 3.05) is 95.2 Å². The number of nitrogens with two attached hydrogens (primary N) is 1. The number of alkyl halides is 2. The van der Waals surface area contributed by atoms with Gasteiger partial charge < -0.3 is 65.2 Å². The molecule has 0 unspecified atom stereocenters. The second-order valence-electron chi connectivity index (χ2n) is 28.6. The van der Waals surface area contributed by atoms with Gasteiger partial charge in [0.15, 0.2) is 5.71 Å². The predicted molar refractivity (Wildman–Crippen MR) is 388 cm³/mol. The number of allylic oxidation sites excluding steroid dienone is 7. The number of carboxylic acid groups (broad SMARTS) is 1. The van der Waals surface area contributed by atoms with Crippen LogP contribution in [0.25, 0.3) is 0 Å². The monoisotopic (exact) mass is 1600 g/mol. The van der Waals surface area contributed by atoms with Crippen molar-refractivity contribution >= 4 is 99.1 Å². The van der Waals surface area contributed by atoms with Gasteiger partial charge in [-0.1, -0.05) is 32.1 Å². The summed E-state index contributed by atoms with van der Waals surface area (Å²) in [5, 5.41) is 18.0. The van der Waals surface area contributed by atoms with E-state index in [-0.39, 0.29) is 133 Å². The zero-order chi connectivity index (χ0) is 79.8. The van der Waals surface area contributed by atoms with Gasteiger partial charge in [0.2, 0.25) is 35.2 Å². The van der Waals surface area contributed by atoms with E-state index in [1.165, 1.54) is 34.1 Å². The van der Waals surface area contributed by atoms with Crippen molar-refractivity contribution in [1.82, 2.24) is 30.7 Å². The molecular formula is C71H91F2N9O23S4. The van der Waals surface area contributed by atoms with Crippen LogP contribution in [0.15, 0.2) is 117 Å². The van der Waals surface area contributed by atoms with E-state index >= 15 is 0 Å². The number of benzene rings is 3. The zero-order valence-electron chi connectivity index (χ0n) is 60.5. The molecule has 5 heterocycles.